The molecule has 1 N–H and O–H groups in total. The van der Waals surface area contributed by atoms with Crippen LogP contribution < -0.4 is 0 Å². The predicted octanol–water partition coefficient (Wildman–Crippen LogP) is 3.67. The van der Waals surface area contributed by atoms with Crippen LogP contribution >= 0.6 is 15.9 Å². The number of carbonyl (C=O) groups is 1. The first-order chi connectivity index (χ1) is 9.15. The van der Waals surface area contributed by atoms with Gasteiger partial charge in [-0.25, -0.2) is 4.79 Å². The Morgan fingerprint density at radius 3 is 2.37 bits per heavy atom. The standard InChI is InChI=1S/C15H9BrO3/c16-8-2-4-10-12(6-8)14-11-5-7(15(17)18)1-3-9(11)13(10)19-14/h1-6,13-14H,(H,17,18)/t13-,14+/m1/s1. The summed E-state index contributed by atoms with van der Waals surface area (Å²) >= 11 is 3.46. The zero-order chi connectivity index (χ0) is 13.1. The van der Waals surface area contributed by atoms with Crippen LogP contribution in [0.4, 0.5) is 0 Å². The molecule has 0 radical (unpaired) electrons. The zero-order valence-electron chi connectivity index (χ0n) is 9.76. The van der Waals surface area contributed by atoms with Gasteiger partial charge in [-0.15, -0.1) is 0 Å². The summed E-state index contributed by atoms with van der Waals surface area (Å²) in [6, 6.07) is 11.4. The van der Waals surface area contributed by atoms with E-state index in [0.717, 1.165) is 21.2 Å². The van der Waals surface area contributed by atoms with Crippen LogP contribution in [0.1, 0.15) is 44.8 Å². The monoisotopic (exact) mass is 316 g/mol. The van der Waals surface area contributed by atoms with Crippen LogP contribution in [-0.2, 0) is 4.74 Å². The second-order valence-corrected chi connectivity index (χ2v) is 5.73. The molecule has 0 aromatic heterocycles. The molecule has 0 saturated carbocycles. The number of aromatic carboxylic acids is 1. The minimum Gasteiger partial charge on any atom is -0.478 e. The quantitative estimate of drug-likeness (QED) is 0.873. The minimum atomic E-state index is -0.903. The normalized spacial score (nSPS) is 22.2. The second kappa shape index (κ2) is 3.68. The number of hydrogen-bond donors (Lipinski definition) is 1. The van der Waals surface area contributed by atoms with E-state index in [-0.39, 0.29) is 12.2 Å². The number of benzene rings is 2. The molecule has 2 aliphatic rings. The van der Waals surface area contributed by atoms with Crippen LogP contribution in [-0.4, -0.2) is 11.1 Å². The maximum atomic E-state index is 11.1. The number of ether oxygens (including phenoxy) is 1. The number of hydrogen-bond acceptors (Lipinski definition) is 2. The van der Waals surface area contributed by atoms with E-state index in [4.69, 9.17) is 9.84 Å². The molecule has 2 aromatic carbocycles. The van der Waals surface area contributed by atoms with Crippen molar-refractivity contribution in [2.24, 2.45) is 0 Å². The molecule has 2 heterocycles. The number of fused-ring (bicyclic) bond motifs is 8. The van der Waals surface area contributed by atoms with Gasteiger partial charge in [-0.05, 0) is 46.5 Å². The molecular weight excluding hydrogens is 308 g/mol. The third-order valence-corrected chi connectivity index (χ3v) is 4.28. The summed E-state index contributed by atoms with van der Waals surface area (Å²) in [6.45, 7) is 0. The highest BCUT2D eigenvalue weighted by Crippen LogP contribution is 2.54. The first kappa shape index (κ1) is 11.2. The summed E-state index contributed by atoms with van der Waals surface area (Å²) in [5.74, 6) is -0.903. The molecule has 0 fully saturated rings. The lowest BCUT2D eigenvalue weighted by molar-refractivity contribution is 0.0696. The van der Waals surface area contributed by atoms with E-state index in [9.17, 15) is 4.79 Å². The lowest BCUT2D eigenvalue weighted by Gasteiger charge is -2.16. The van der Waals surface area contributed by atoms with Gasteiger partial charge in [-0.3, -0.25) is 0 Å². The highest BCUT2D eigenvalue weighted by Gasteiger charge is 2.42. The Balaban J connectivity index is 1.91. The van der Waals surface area contributed by atoms with E-state index in [1.165, 1.54) is 5.56 Å². The molecule has 3 nitrogen and oxygen atoms in total. The van der Waals surface area contributed by atoms with Gasteiger partial charge in [0.15, 0.2) is 0 Å². The summed E-state index contributed by atoms with van der Waals surface area (Å²) in [4.78, 5) is 11.1. The van der Waals surface area contributed by atoms with Crippen LogP contribution in [0.25, 0.3) is 0 Å². The molecule has 4 heteroatoms. The summed E-state index contributed by atoms with van der Waals surface area (Å²) in [7, 11) is 0. The molecule has 2 aliphatic heterocycles. The Bertz CT molecular complexity index is 723. The first-order valence-corrected chi connectivity index (χ1v) is 6.76. The fourth-order valence-electron chi connectivity index (χ4n) is 2.95. The van der Waals surface area contributed by atoms with Crippen molar-refractivity contribution in [2.45, 2.75) is 12.2 Å². The van der Waals surface area contributed by atoms with Crippen molar-refractivity contribution in [3.05, 3.63) is 68.7 Å². The Hall–Kier alpha value is -1.65. The lowest BCUT2D eigenvalue weighted by Crippen LogP contribution is -2.05. The molecule has 2 atom stereocenters. The molecule has 0 unspecified atom stereocenters. The molecule has 0 amide bonds. The average Bonchev–Trinajstić information content (AvgIpc) is 2.94. The third-order valence-electron chi connectivity index (χ3n) is 3.78. The van der Waals surface area contributed by atoms with E-state index in [0.29, 0.717) is 5.56 Å². The minimum absolute atomic E-state index is 0.0501. The maximum absolute atomic E-state index is 11.1. The van der Waals surface area contributed by atoms with Gasteiger partial charge in [-0.1, -0.05) is 28.1 Å². The van der Waals surface area contributed by atoms with Crippen molar-refractivity contribution in [3.63, 3.8) is 0 Å². The fourth-order valence-corrected chi connectivity index (χ4v) is 3.33. The van der Waals surface area contributed by atoms with Crippen molar-refractivity contribution in [1.29, 1.82) is 0 Å². The van der Waals surface area contributed by atoms with Crippen molar-refractivity contribution in [2.75, 3.05) is 0 Å². The highest BCUT2D eigenvalue weighted by molar-refractivity contribution is 9.10. The number of carboxylic acid groups (broad SMARTS) is 1. The summed E-state index contributed by atoms with van der Waals surface area (Å²) in [5.41, 5.74) is 4.70. The van der Waals surface area contributed by atoms with E-state index in [1.807, 2.05) is 12.1 Å². The van der Waals surface area contributed by atoms with Gasteiger partial charge < -0.3 is 9.84 Å². The molecule has 0 spiro atoms. The van der Waals surface area contributed by atoms with Crippen molar-refractivity contribution < 1.29 is 14.6 Å². The van der Waals surface area contributed by atoms with Gasteiger partial charge in [0.2, 0.25) is 0 Å². The predicted molar refractivity (Wildman–Crippen MR) is 72.3 cm³/mol. The number of halogens is 1. The lowest BCUT2D eigenvalue weighted by atomic mass is 9.85. The fraction of sp³-hybridized carbons (Fsp3) is 0.133. The maximum Gasteiger partial charge on any atom is 0.335 e. The van der Waals surface area contributed by atoms with E-state index in [1.54, 1.807) is 12.1 Å². The Morgan fingerprint density at radius 2 is 1.63 bits per heavy atom. The van der Waals surface area contributed by atoms with E-state index >= 15 is 0 Å². The number of carboxylic acids is 1. The molecular formula is C15H9BrO3. The molecule has 19 heavy (non-hydrogen) atoms. The van der Waals surface area contributed by atoms with Crippen LogP contribution in [0.15, 0.2) is 40.9 Å². The van der Waals surface area contributed by atoms with Crippen molar-refractivity contribution in [1.82, 2.24) is 0 Å². The van der Waals surface area contributed by atoms with Crippen LogP contribution in [0.5, 0.6) is 0 Å². The van der Waals surface area contributed by atoms with Crippen molar-refractivity contribution in [3.8, 4) is 0 Å². The highest BCUT2D eigenvalue weighted by atomic mass is 79.9. The average molecular weight is 317 g/mol. The Morgan fingerprint density at radius 1 is 1.00 bits per heavy atom. The van der Waals surface area contributed by atoms with Gasteiger partial charge >= 0.3 is 5.97 Å². The molecule has 4 rings (SSSR count). The van der Waals surface area contributed by atoms with Crippen molar-refractivity contribution >= 4 is 21.9 Å². The summed E-state index contributed by atoms with van der Waals surface area (Å²) < 4.78 is 7.00. The molecule has 0 aliphatic carbocycles. The summed E-state index contributed by atoms with van der Waals surface area (Å²) in [6.07, 6.45) is -0.183. The Labute approximate surface area is 118 Å². The molecule has 2 bridgehead atoms. The smallest absolute Gasteiger partial charge is 0.335 e. The Kier molecular flexibility index (Phi) is 2.17. The van der Waals surface area contributed by atoms with Crippen LogP contribution in [0.2, 0.25) is 0 Å². The van der Waals surface area contributed by atoms with Gasteiger partial charge in [0.25, 0.3) is 0 Å². The van der Waals surface area contributed by atoms with E-state index in [2.05, 4.69) is 28.1 Å². The van der Waals surface area contributed by atoms with Gasteiger partial charge in [0.1, 0.15) is 12.2 Å². The molecule has 2 aromatic rings. The van der Waals surface area contributed by atoms with Crippen LogP contribution in [0, 0.1) is 0 Å². The second-order valence-electron chi connectivity index (χ2n) is 4.82. The zero-order valence-corrected chi connectivity index (χ0v) is 11.3. The van der Waals surface area contributed by atoms with Gasteiger partial charge in [0.05, 0.1) is 5.56 Å². The molecule has 0 saturated heterocycles. The largest absolute Gasteiger partial charge is 0.478 e. The SMILES string of the molecule is O=C(O)c1ccc2c(c1)[C@@H]1O[C@H]2c2ccc(Br)cc21. The topological polar surface area (TPSA) is 46.5 Å². The van der Waals surface area contributed by atoms with Gasteiger partial charge in [0, 0.05) is 4.47 Å². The molecule has 94 valence electrons. The third kappa shape index (κ3) is 1.44. The summed E-state index contributed by atoms with van der Waals surface area (Å²) in [5, 5.41) is 9.08. The van der Waals surface area contributed by atoms with Crippen LogP contribution in [0.3, 0.4) is 0 Å². The number of rotatable bonds is 1. The van der Waals surface area contributed by atoms with Gasteiger partial charge in [-0.2, -0.15) is 0 Å². The van der Waals surface area contributed by atoms with E-state index < -0.39 is 5.97 Å². The first-order valence-electron chi connectivity index (χ1n) is 5.97.